The second-order valence-electron chi connectivity index (χ2n) is 8.56. The molecule has 8 nitrogen and oxygen atoms in total. The van der Waals surface area contributed by atoms with Gasteiger partial charge in [-0.25, -0.2) is 4.99 Å². The highest BCUT2D eigenvalue weighted by molar-refractivity contribution is 5.80. The standard InChI is InChI=1S/C23H37N5O3/c1-6-24-23(28-9-7-27(8-10-28)15-22(29)26-16(2)3)25-14-19-13-21-18(11-17(4)31-21)12-20(19)30-5/h12-13,16-17H,6-11,14-15H2,1-5H3,(H,24,25)(H,26,29). The fourth-order valence-corrected chi connectivity index (χ4v) is 4.07. The predicted octanol–water partition coefficient (Wildman–Crippen LogP) is 1.63. The largest absolute Gasteiger partial charge is 0.496 e. The molecule has 1 fully saturated rings. The van der Waals surface area contributed by atoms with Gasteiger partial charge in [-0.15, -0.1) is 0 Å². The van der Waals surface area contributed by atoms with Gasteiger partial charge in [0.1, 0.15) is 17.6 Å². The van der Waals surface area contributed by atoms with Gasteiger partial charge in [0.05, 0.1) is 20.2 Å². The molecular formula is C23H37N5O3. The molecule has 2 aliphatic rings. The van der Waals surface area contributed by atoms with Crippen molar-refractivity contribution in [2.75, 3.05) is 46.4 Å². The van der Waals surface area contributed by atoms with E-state index >= 15 is 0 Å². The summed E-state index contributed by atoms with van der Waals surface area (Å²) in [6.07, 6.45) is 1.12. The van der Waals surface area contributed by atoms with Gasteiger partial charge in [0.25, 0.3) is 0 Å². The Morgan fingerprint density at radius 2 is 2.03 bits per heavy atom. The summed E-state index contributed by atoms with van der Waals surface area (Å²) >= 11 is 0. The number of piperazine rings is 1. The van der Waals surface area contributed by atoms with Crippen LogP contribution < -0.4 is 20.1 Å². The number of hydrogen-bond donors (Lipinski definition) is 2. The monoisotopic (exact) mass is 431 g/mol. The SMILES string of the molecule is CCNC(=NCc1cc2c(cc1OC)CC(C)O2)N1CCN(CC(=O)NC(C)C)CC1. The summed E-state index contributed by atoms with van der Waals surface area (Å²) in [5.41, 5.74) is 2.22. The Morgan fingerprint density at radius 3 is 2.68 bits per heavy atom. The highest BCUT2D eigenvalue weighted by atomic mass is 16.5. The van der Waals surface area contributed by atoms with Gasteiger partial charge >= 0.3 is 0 Å². The molecule has 8 heteroatoms. The second-order valence-corrected chi connectivity index (χ2v) is 8.56. The maximum atomic E-state index is 12.0. The molecule has 0 aromatic heterocycles. The Bertz CT molecular complexity index is 788. The number of carbonyl (C=O) groups excluding carboxylic acids is 1. The zero-order valence-corrected chi connectivity index (χ0v) is 19.5. The van der Waals surface area contributed by atoms with E-state index < -0.39 is 0 Å². The van der Waals surface area contributed by atoms with Crippen molar-refractivity contribution in [2.24, 2.45) is 4.99 Å². The summed E-state index contributed by atoms with van der Waals surface area (Å²) in [5.74, 6) is 2.78. The van der Waals surface area contributed by atoms with Crippen molar-refractivity contribution >= 4 is 11.9 Å². The van der Waals surface area contributed by atoms with Crippen LogP contribution in [0.25, 0.3) is 0 Å². The summed E-state index contributed by atoms with van der Waals surface area (Å²) < 4.78 is 11.5. The maximum absolute atomic E-state index is 12.0. The van der Waals surface area contributed by atoms with Gasteiger partial charge in [-0.3, -0.25) is 9.69 Å². The van der Waals surface area contributed by atoms with Crippen LogP contribution in [0.3, 0.4) is 0 Å². The molecule has 1 amide bonds. The first-order chi connectivity index (χ1) is 14.9. The molecular weight excluding hydrogens is 394 g/mol. The van der Waals surface area contributed by atoms with Gasteiger partial charge < -0.3 is 25.0 Å². The predicted molar refractivity (Wildman–Crippen MR) is 123 cm³/mol. The van der Waals surface area contributed by atoms with E-state index in [4.69, 9.17) is 14.5 Å². The lowest BCUT2D eigenvalue weighted by atomic mass is 10.1. The molecule has 1 aromatic rings. The molecule has 0 spiro atoms. The Hall–Kier alpha value is -2.48. The summed E-state index contributed by atoms with van der Waals surface area (Å²) in [4.78, 5) is 21.4. The number of guanidine groups is 1. The number of fused-ring (bicyclic) bond motifs is 1. The quantitative estimate of drug-likeness (QED) is 0.505. The molecule has 0 radical (unpaired) electrons. The first-order valence-corrected chi connectivity index (χ1v) is 11.3. The summed E-state index contributed by atoms with van der Waals surface area (Å²) in [5, 5.41) is 6.37. The van der Waals surface area contributed by atoms with E-state index in [9.17, 15) is 4.79 Å². The first-order valence-electron chi connectivity index (χ1n) is 11.3. The molecule has 0 saturated carbocycles. The molecule has 1 saturated heterocycles. The van der Waals surface area contributed by atoms with E-state index in [-0.39, 0.29) is 18.1 Å². The number of nitrogens with zero attached hydrogens (tertiary/aromatic N) is 3. The minimum Gasteiger partial charge on any atom is -0.496 e. The molecule has 2 heterocycles. The number of amides is 1. The van der Waals surface area contributed by atoms with Gasteiger partial charge in [-0.2, -0.15) is 0 Å². The van der Waals surface area contributed by atoms with Crippen LogP contribution in [0.2, 0.25) is 0 Å². The molecule has 0 bridgehead atoms. The molecule has 1 atom stereocenters. The molecule has 1 aromatic carbocycles. The van der Waals surface area contributed by atoms with Crippen molar-refractivity contribution in [3.8, 4) is 11.5 Å². The smallest absolute Gasteiger partial charge is 0.234 e. The summed E-state index contributed by atoms with van der Waals surface area (Å²) in [6, 6.07) is 4.32. The van der Waals surface area contributed by atoms with Gasteiger partial charge in [-0.1, -0.05) is 0 Å². The Labute approximate surface area is 186 Å². The van der Waals surface area contributed by atoms with E-state index in [1.165, 1.54) is 5.56 Å². The average Bonchev–Trinajstić information content (AvgIpc) is 3.09. The van der Waals surface area contributed by atoms with Crippen LogP contribution in [0.5, 0.6) is 11.5 Å². The van der Waals surface area contributed by atoms with Gasteiger partial charge in [0, 0.05) is 56.3 Å². The number of nitrogens with one attached hydrogen (secondary N) is 2. The lowest BCUT2D eigenvalue weighted by Crippen LogP contribution is -2.54. The fraction of sp³-hybridized carbons (Fsp3) is 0.652. The van der Waals surface area contributed by atoms with Crippen molar-refractivity contribution < 1.29 is 14.3 Å². The van der Waals surface area contributed by atoms with Crippen molar-refractivity contribution in [1.29, 1.82) is 0 Å². The van der Waals surface area contributed by atoms with Gasteiger partial charge in [0.2, 0.25) is 5.91 Å². The molecule has 2 aliphatic heterocycles. The normalized spacial score (nSPS) is 19.2. The van der Waals surface area contributed by atoms with E-state index in [1.807, 2.05) is 13.8 Å². The van der Waals surface area contributed by atoms with E-state index in [2.05, 4.69) is 46.4 Å². The van der Waals surface area contributed by atoms with Crippen LogP contribution in [0.4, 0.5) is 0 Å². The highest BCUT2D eigenvalue weighted by Gasteiger charge is 2.23. The number of hydrogen-bond acceptors (Lipinski definition) is 5. The van der Waals surface area contributed by atoms with E-state index in [0.717, 1.165) is 62.2 Å². The van der Waals surface area contributed by atoms with Crippen LogP contribution in [0, 0.1) is 0 Å². The Balaban J connectivity index is 1.63. The molecule has 2 N–H and O–H groups in total. The molecule has 31 heavy (non-hydrogen) atoms. The lowest BCUT2D eigenvalue weighted by molar-refractivity contribution is -0.123. The highest BCUT2D eigenvalue weighted by Crippen LogP contribution is 2.35. The van der Waals surface area contributed by atoms with Crippen molar-refractivity contribution in [3.63, 3.8) is 0 Å². The summed E-state index contributed by atoms with van der Waals surface area (Å²) in [6.45, 7) is 13.2. The van der Waals surface area contributed by atoms with Crippen molar-refractivity contribution in [3.05, 3.63) is 23.3 Å². The Morgan fingerprint density at radius 1 is 1.29 bits per heavy atom. The molecule has 1 unspecified atom stereocenters. The number of carbonyl (C=O) groups is 1. The van der Waals surface area contributed by atoms with Crippen molar-refractivity contribution in [1.82, 2.24) is 20.4 Å². The number of aliphatic imine (C=N–C) groups is 1. The van der Waals surface area contributed by atoms with Gasteiger partial charge in [-0.05, 0) is 39.8 Å². The van der Waals surface area contributed by atoms with Gasteiger partial charge in [0.15, 0.2) is 5.96 Å². The zero-order chi connectivity index (χ0) is 22.4. The number of ether oxygens (including phenoxy) is 2. The van der Waals surface area contributed by atoms with E-state index in [1.54, 1.807) is 7.11 Å². The molecule has 3 rings (SSSR count). The minimum absolute atomic E-state index is 0.0873. The van der Waals surface area contributed by atoms with Crippen LogP contribution in [0.15, 0.2) is 17.1 Å². The zero-order valence-electron chi connectivity index (χ0n) is 19.5. The van der Waals surface area contributed by atoms with Crippen molar-refractivity contribution in [2.45, 2.75) is 52.8 Å². The Kier molecular flexibility index (Phi) is 8.01. The third kappa shape index (κ3) is 6.26. The topological polar surface area (TPSA) is 78.4 Å². The van der Waals surface area contributed by atoms with Crippen LogP contribution in [-0.2, 0) is 17.8 Å². The second kappa shape index (κ2) is 10.7. The first kappa shape index (κ1) is 23.2. The number of benzene rings is 1. The number of methoxy groups -OCH3 is 1. The number of rotatable bonds is 7. The fourth-order valence-electron chi connectivity index (χ4n) is 4.07. The van der Waals surface area contributed by atoms with E-state index in [0.29, 0.717) is 13.1 Å². The third-order valence-corrected chi connectivity index (χ3v) is 5.52. The summed E-state index contributed by atoms with van der Waals surface area (Å²) in [7, 11) is 1.70. The molecule has 172 valence electrons. The maximum Gasteiger partial charge on any atom is 0.234 e. The minimum atomic E-state index is 0.0873. The van der Waals surface area contributed by atoms with Crippen LogP contribution >= 0.6 is 0 Å². The average molecular weight is 432 g/mol. The molecule has 0 aliphatic carbocycles. The third-order valence-electron chi connectivity index (χ3n) is 5.52. The van der Waals surface area contributed by atoms with Crippen LogP contribution in [-0.4, -0.2) is 80.2 Å². The lowest BCUT2D eigenvalue weighted by Gasteiger charge is -2.36. The van der Waals surface area contributed by atoms with Crippen LogP contribution in [0.1, 0.15) is 38.8 Å².